The summed E-state index contributed by atoms with van der Waals surface area (Å²) in [7, 11) is -3.51. The summed E-state index contributed by atoms with van der Waals surface area (Å²) in [5.41, 5.74) is 0.603. The molecule has 0 aliphatic rings. The molecule has 0 radical (unpaired) electrons. The van der Waals surface area contributed by atoms with E-state index < -0.39 is 10.0 Å². The molecule has 1 rings (SSSR count). The fraction of sp³-hybridized carbons (Fsp3) is 0.583. The largest absolute Gasteiger partial charge is 0.392 e. The number of rotatable bonds is 7. The Kier molecular flexibility index (Phi) is 5.71. The quantitative estimate of drug-likeness (QED) is 0.814. The molecule has 1 N–H and O–H groups in total. The van der Waals surface area contributed by atoms with Crippen molar-refractivity contribution >= 4 is 10.0 Å². The van der Waals surface area contributed by atoms with Gasteiger partial charge >= 0.3 is 0 Å². The summed E-state index contributed by atoms with van der Waals surface area (Å²) in [6.07, 6.45) is 2.94. The molecule has 0 saturated carbocycles. The predicted octanol–water partition coefficient (Wildman–Crippen LogP) is 1.38. The second-order valence-electron chi connectivity index (χ2n) is 4.07. The van der Waals surface area contributed by atoms with E-state index in [1.807, 2.05) is 13.8 Å². The Bertz CT molecular complexity index is 451. The SMILES string of the molecule is CCCN(CCC)S(=O)(=O)c1ccc(CO)cn1. The lowest BCUT2D eigenvalue weighted by Crippen LogP contribution is -2.33. The van der Waals surface area contributed by atoms with E-state index in [0.717, 1.165) is 12.8 Å². The number of nitrogens with zero attached hydrogens (tertiary/aromatic N) is 2. The van der Waals surface area contributed by atoms with Crippen molar-refractivity contribution < 1.29 is 13.5 Å². The van der Waals surface area contributed by atoms with Gasteiger partial charge < -0.3 is 5.11 Å². The number of aliphatic hydroxyl groups is 1. The smallest absolute Gasteiger partial charge is 0.260 e. The summed E-state index contributed by atoms with van der Waals surface area (Å²) < 4.78 is 26.1. The van der Waals surface area contributed by atoms with E-state index in [9.17, 15) is 8.42 Å². The molecule has 0 amide bonds. The molecule has 1 aromatic heterocycles. The van der Waals surface area contributed by atoms with Crippen LogP contribution in [-0.4, -0.2) is 35.9 Å². The van der Waals surface area contributed by atoms with Crippen molar-refractivity contribution in [2.75, 3.05) is 13.1 Å². The van der Waals surface area contributed by atoms with E-state index in [-0.39, 0.29) is 11.6 Å². The van der Waals surface area contributed by atoms with Crippen molar-refractivity contribution in [3.8, 4) is 0 Å². The molecule has 0 bridgehead atoms. The van der Waals surface area contributed by atoms with Gasteiger partial charge in [-0.05, 0) is 24.5 Å². The molecule has 0 unspecified atom stereocenters. The summed E-state index contributed by atoms with van der Waals surface area (Å²) in [4.78, 5) is 3.92. The number of hydrogen-bond acceptors (Lipinski definition) is 4. The van der Waals surface area contributed by atoms with Gasteiger partial charge in [-0.3, -0.25) is 0 Å². The average molecular weight is 272 g/mol. The van der Waals surface area contributed by atoms with Crippen LogP contribution in [0, 0.1) is 0 Å². The van der Waals surface area contributed by atoms with Gasteiger partial charge in [0.2, 0.25) is 0 Å². The topological polar surface area (TPSA) is 70.5 Å². The van der Waals surface area contributed by atoms with Crippen LogP contribution in [0.25, 0.3) is 0 Å². The van der Waals surface area contributed by atoms with Crippen LogP contribution in [0.4, 0.5) is 0 Å². The maximum atomic E-state index is 12.3. The Morgan fingerprint density at radius 2 is 1.83 bits per heavy atom. The zero-order valence-electron chi connectivity index (χ0n) is 10.8. The minimum absolute atomic E-state index is 0.0431. The summed E-state index contributed by atoms with van der Waals surface area (Å²) in [6.45, 7) is 4.75. The molecule has 1 heterocycles. The van der Waals surface area contributed by atoms with E-state index in [0.29, 0.717) is 18.7 Å². The third-order valence-electron chi connectivity index (χ3n) is 2.53. The number of pyridine rings is 1. The second-order valence-corrected chi connectivity index (χ2v) is 5.95. The molecule has 0 aliphatic heterocycles. The summed E-state index contributed by atoms with van der Waals surface area (Å²) in [5.74, 6) is 0. The van der Waals surface area contributed by atoms with Gasteiger partial charge in [-0.15, -0.1) is 0 Å². The highest BCUT2D eigenvalue weighted by Crippen LogP contribution is 2.14. The van der Waals surface area contributed by atoms with Crippen molar-refractivity contribution in [1.82, 2.24) is 9.29 Å². The van der Waals surface area contributed by atoms with Crippen LogP contribution < -0.4 is 0 Å². The molecule has 6 heteroatoms. The molecule has 18 heavy (non-hydrogen) atoms. The number of sulfonamides is 1. The Morgan fingerprint density at radius 3 is 2.22 bits per heavy atom. The van der Waals surface area contributed by atoms with Gasteiger partial charge in [0, 0.05) is 19.3 Å². The molecular formula is C12H20N2O3S. The minimum atomic E-state index is -3.51. The van der Waals surface area contributed by atoms with Crippen molar-refractivity contribution in [2.24, 2.45) is 0 Å². The van der Waals surface area contributed by atoms with Crippen LogP contribution in [0.2, 0.25) is 0 Å². The fourth-order valence-electron chi connectivity index (χ4n) is 1.64. The highest BCUT2D eigenvalue weighted by molar-refractivity contribution is 7.89. The Balaban J connectivity index is 3.01. The van der Waals surface area contributed by atoms with Crippen molar-refractivity contribution in [3.63, 3.8) is 0 Å². The summed E-state index contributed by atoms with van der Waals surface area (Å²) >= 11 is 0. The normalized spacial score (nSPS) is 12.0. The molecule has 0 fully saturated rings. The van der Waals surface area contributed by atoms with Gasteiger partial charge in [0.05, 0.1) is 6.61 Å². The lowest BCUT2D eigenvalue weighted by molar-refractivity contribution is 0.281. The van der Waals surface area contributed by atoms with Crippen LogP contribution in [0.1, 0.15) is 32.3 Å². The standard InChI is InChI=1S/C12H20N2O3S/c1-3-7-14(8-4-2)18(16,17)12-6-5-11(10-15)9-13-12/h5-6,9,15H,3-4,7-8,10H2,1-2H3. The van der Waals surface area contributed by atoms with E-state index in [4.69, 9.17) is 5.11 Å². The molecule has 0 aromatic carbocycles. The average Bonchev–Trinajstić information content (AvgIpc) is 2.38. The molecule has 0 atom stereocenters. The molecule has 102 valence electrons. The number of aromatic nitrogens is 1. The predicted molar refractivity (Wildman–Crippen MR) is 69.5 cm³/mol. The summed E-state index contributed by atoms with van der Waals surface area (Å²) in [6, 6.07) is 3.02. The van der Waals surface area contributed by atoms with Gasteiger partial charge in [0.25, 0.3) is 10.0 Å². The van der Waals surface area contributed by atoms with Crippen LogP contribution in [0.3, 0.4) is 0 Å². The lowest BCUT2D eigenvalue weighted by atomic mass is 10.3. The van der Waals surface area contributed by atoms with E-state index in [1.54, 1.807) is 6.07 Å². The first-order valence-corrected chi connectivity index (χ1v) is 7.56. The Morgan fingerprint density at radius 1 is 1.22 bits per heavy atom. The van der Waals surface area contributed by atoms with Gasteiger partial charge in [-0.25, -0.2) is 13.4 Å². The minimum Gasteiger partial charge on any atom is -0.392 e. The van der Waals surface area contributed by atoms with Crippen LogP contribution in [0.15, 0.2) is 23.4 Å². The lowest BCUT2D eigenvalue weighted by Gasteiger charge is -2.20. The first kappa shape index (κ1) is 15.1. The van der Waals surface area contributed by atoms with Gasteiger partial charge in [0.1, 0.15) is 0 Å². The van der Waals surface area contributed by atoms with Crippen molar-refractivity contribution in [1.29, 1.82) is 0 Å². The maximum Gasteiger partial charge on any atom is 0.260 e. The monoisotopic (exact) mass is 272 g/mol. The number of aliphatic hydroxyl groups excluding tert-OH is 1. The molecule has 0 aliphatic carbocycles. The third kappa shape index (κ3) is 3.51. The highest BCUT2D eigenvalue weighted by Gasteiger charge is 2.24. The van der Waals surface area contributed by atoms with Gasteiger partial charge in [0.15, 0.2) is 5.03 Å². The fourth-order valence-corrected chi connectivity index (χ4v) is 3.18. The molecular weight excluding hydrogens is 252 g/mol. The summed E-state index contributed by atoms with van der Waals surface area (Å²) in [5, 5.41) is 8.95. The first-order valence-electron chi connectivity index (χ1n) is 6.12. The molecule has 5 nitrogen and oxygen atoms in total. The van der Waals surface area contributed by atoms with Crippen molar-refractivity contribution in [3.05, 3.63) is 23.9 Å². The first-order chi connectivity index (χ1) is 8.56. The number of hydrogen-bond donors (Lipinski definition) is 1. The molecule has 0 spiro atoms. The Labute approximate surface area is 109 Å². The third-order valence-corrected chi connectivity index (χ3v) is 4.35. The van der Waals surface area contributed by atoms with Crippen LogP contribution in [0.5, 0.6) is 0 Å². The zero-order valence-corrected chi connectivity index (χ0v) is 11.7. The van der Waals surface area contributed by atoms with Gasteiger partial charge in [-0.2, -0.15) is 4.31 Å². The van der Waals surface area contributed by atoms with Gasteiger partial charge in [-0.1, -0.05) is 19.9 Å². The molecule has 1 aromatic rings. The second kappa shape index (κ2) is 6.82. The highest BCUT2D eigenvalue weighted by atomic mass is 32.2. The molecule has 0 saturated heterocycles. The van der Waals surface area contributed by atoms with E-state index in [1.165, 1.54) is 16.6 Å². The van der Waals surface area contributed by atoms with Crippen LogP contribution >= 0.6 is 0 Å². The maximum absolute atomic E-state index is 12.3. The zero-order chi connectivity index (χ0) is 13.6. The Hall–Kier alpha value is -0.980. The van der Waals surface area contributed by atoms with E-state index in [2.05, 4.69) is 4.98 Å². The van der Waals surface area contributed by atoms with Crippen LogP contribution in [-0.2, 0) is 16.6 Å². The van der Waals surface area contributed by atoms with E-state index >= 15 is 0 Å². The van der Waals surface area contributed by atoms with Crippen molar-refractivity contribution in [2.45, 2.75) is 38.3 Å².